The van der Waals surface area contributed by atoms with Gasteiger partial charge in [-0.3, -0.25) is 9.59 Å². The maximum atomic E-state index is 12.0. The van der Waals surface area contributed by atoms with Crippen molar-refractivity contribution < 1.29 is 34.4 Å². The van der Waals surface area contributed by atoms with Crippen LogP contribution >= 0.6 is 11.8 Å². The molecule has 0 heterocycles. The summed E-state index contributed by atoms with van der Waals surface area (Å²) in [5.74, 6) is -2.11. The van der Waals surface area contributed by atoms with E-state index in [4.69, 9.17) is 14.9 Å². The van der Waals surface area contributed by atoms with Crippen molar-refractivity contribution in [2.75, 3.05) is 6.61 Å². The van der Waals surface area contributed by atoms with Crippen LogP contribution in [0.5, 0.6) is 5.75 Å². The van der Waals surface area contributed by atoms with Gasteiger partial charge in [0.15, 0.2) is 12.4 Å². The summed E-state index contributed by atoms with van der Waals surface area (Å²) in [6.07, 6.45) is 9.63. The van der Waals surface area contributed by atoms with Crippen LogP contribution in [0.25, 0.3) is 0 Å². The fourth-order valence-corrected chi connectivity index (χ4v) is 5.62. The number of hydrogen-bond acceptors (Lipinski definition) is 6. The monoisotopic (exact) mass is 606 g/mol. The van der Waals surface area contributed by atoms with E-state index < -0.39 is 24.6 Å². The first-order valence-electron chi connectivity index (χ1n) is 13.9. The van der Waals surface area contributed by atoms with Crippen molar-refractivity contribution in [3.05, 3.63) is 59.2 Å². The third-order valence-corrected chi connectivity index (χ3v) is 7.93. The van der Waals surface area contributed by atoms with Crippen LogP contribution in [0.15, 0.2) is 47.4 Å². The zero-order chi connectivity index (χ0) is 28.6. The van der Waals surface area contributed by atoms with Gasteiger partial charge in [-0.2, -0.15) is 0 Å². The second-order valence-electron chi connectivity index (χ2n) is 9.90. The van der Waals surface area contributed by atoms with Gasteiger partial charge in [0.25, 0.3) is 0 Å². The van der Waals surface area contributed by atoms with E-state index >= 15 is 0 Å². The molecule has 0 amide bonds. The Hall–Kier alpha value is -0.840. The number of hydrogen-bond donors (Lipinski definition) is 3. The number of thioether (sulfide) groups is 1. The number of aliphatic carboxylic acids is 2. The Bertz CT molecular complexity index is 1060. The Morgan fingerprint density at radius 1 is 0.854 bits per heavy atom. The number of ketones is 1. The second kappa shape index (κ2) is 22.7. The topological polar surface area (TPSA) is 121 Å². The Kier molecular flexibility index (Phi) is 22.2. The number of ether oxygens (including phenoxy) is 1. The van der Waals surface area contributed by atoms with Crippen LogP contribution in [-0.4, -0.2) is 105 Å². The molecule has 2 aromatic rings. The molecule has 10 heteroatoms. The van der Waals surface area contributed by atoms with Crippen LogP contribution in [0.2, 0.25) is 0 Å². The fourth-order valence-electron chi connectivity index (χ4n) is 4.42. The Morgan fingerprint density at radius 3 is 2.07 bits per heavy atom. The zero-order valence-electron chi connectivity index (χ0n) is 23.1. The number of aliphatic hydroxyl groups excluding tert-OH is 1. The van der Waals surface area contributed by atoms with Crippen LogP contribution in [0.1, 0.15) is 105 Å². The number of carbonyl (C=O) groups excluding carboxylic acids is 1. The van der Waals surface area contributed by atoms with Crippen molar-refractivity contribution >= 4 is 88.6 Å². The minimum absolute atomic E-state index is 0. The molecule has 0 bridgehead atoms. The van der Waals surface area contributed by atoms with E-state index in [0.717, 1.165) is 18.4 Å². The molecule has 0 spiro atoms. The Labute approximate surface area is 292 Å². The van der Waals surface area contributed by atoms with E-state index in [9.17, 15) is 19.5 Å². The van der Waals surface area contributed by atoms with Gasteiger partial charge < -0.3 is 20.1 Å². The first-order valence-corrected chi connectivity index (χ1v) is 14.7. The van der Waals surface area contributed by atoms with E-state index in [-0.39, 0.29) is 87.9 Å². The van der Waals surface area contributed by atoms with Gasteiger partial charge in [-0.1, -0.05) is 69.7 Å². The molecule has 0 fully saturated rings. The summed E-state index contributed by atoms with van der Waals surface area (Å²) in [6, 6.07) is 13.2. The SMILES string of the molecule is CCCCCCCCCc1ccc(C(Sc2ccc(C(C)=O)c(OCC(=O)O)c2)C(O)CCCC(=O)O)cc1.[NaH].[NaH]. The molecule has 0 saturated heterocycles. The summed E-state index contributed by atoms with van der Waals surface area (Å²) in [4.78, 5) is 34.7. The first-order chi connectivity index (χ1) is 18.7. The van der Waals surface area contributed by atoms with Gasteiger partial charge in [-0.05, 0) is 61.9 Å². The van der Waals surface area contributed by atoms with Crippen molar-refractivity contribution in [3.63, 3.8) is 0 Å². The predicted molar refractivity (Wildman–Crippen MR) is 168 cm³/mol. The molecule has 0 saturated carbocycles. The quantitative estimate of drug-likeness (QED) is 0.0749. The molecule has 41 heavy (non-hydrogen) atoms. The number of carbonyl (C=O) groups is 3. The van der Waals surface area contributed by atoms with Gasteiger partial charge in [0.1, 0.15) is 5.75 Å². The van der Waals surface area contributed by atoms with Gasteiger partial charge in [0.05, 0.1) is 16.9 Å². The van der Waals surface area contributed by atoms with Crippen molar-refractivity contribution in [1.29, 1.82) is 0 Å². The summed E-state index contributed by atoms with van der Waals surface area (Å²) in [7, 11) is 0. The van der Waals surface area contributed by atoms with Crippen molar-refractivity contribution in [2.24, 2.45) is 0 Å². The molecule has 2 atom stereocenters. The normalized spacial score (nSPS) is 12.0. The number of carboxylic acids is 2. The van der Waals surface area contributed by atoms with E-state index in [1.807, 2.05) is 12.1 Å². The summed E-state index contributed by atoms with van der Waals surface area (Å²) in [5, 5.41) is 28.7. The number of benzene rings is 2. The van der Waals surface area contributed by atoms with Crippen LogP contribution in [-0.2, 0) is 16.0 Å². The predicted octanol–water partition coefficient (Wildman–Crippen LogP) is 5.80. The van der Waals surface area contributed by atoms with Crippen LogP contribution < -0.4 is 4.74 Å². The average molecular weight is 607 g/mol. The summed E-state index contributed by atoms with van der Waals surface area (Å²) in [5.41, 5.74) is 2.44. The van der Waals surface area contributed by atoms with Gasteiger partial charge in [0.2, 0.25) is 0 Å². The van der Waals surface area contributed by atoms with E-state index in [2.05, 4.69) is 19.1 Å². The van der Waals surface area contributed by atoms with E-state index in [1.54, 1.807) is 18.2 Å². The molecule has 2 unspecified atom stereocenters. The third-order valence-electron chi connectivity index (χ3n) is 6.56. The Balaban J connectivity index is 0.00000800. The molecule has 218 valence electrons. The number of carboxylic acid groups (broad SMARTS) is 2. The molecule has 7 nitrogen and oxygen atoms in total. The summed E-state index contributed by atoms with van der Waals surface area (Å²) >= 11 is 1.38. The molecular weight excluding hydrogens is 562 g/mol. The summed E-state index contributed by atoms with van der Waals surface area (Å²) < 4.78 is 5.37. The average Bonchev–Trinajstić information content (AvgIpc) is 2.90. The van der Waals surface area contributed by atoms with Gasteiger partial charge in [0, 0.05) is 11.3 Å². The van der Waals surface area contributed by atoms with Gasteiger partial charge in [-0.15, -0.1) is 11.8 Å². The molecule has 3 N–H and O–H groups in total. The number of Topliss-reactive ketones (excluding diaryl/α,β-unsaturated/α-hetero) is 1. The van der Waals surface area contributed by atoms with Crippen LogP contribution in [0.4, 0.5) is 0 Å². The molecular formula is C31H44Na2O7S. The number of aryl methyl sites for hydroxylation is 1. The van der Waals surface area contributed by atoms with Crippen LogP contribution in [0.3, 0.4) is 0 Å². The van der Waals surface area contributed by atoms with E-state index in [1.165, 1.54) is 62.8 Å². The fraction of sp³-hybridized carbons (Fsp3) is 0.516. The second-order valence-corrected chi connectivity index (χ2v) is 11.1. The third kappa shape index (κ3) is 16.0. The molecule has 0 aliphatic heterocycles. The van der Waals surface area contributed by atoms with Crippen molar-refractivity contribution in [1.82, 2.24) is 0 Å². The van der Waals surface area contributed by atoms with Crippen molar-refractivity contribution in [2.45, 2.75) is 101 Å². The zero-order valence-corrected chi connectivity index (χ0v) is 23.9. The molecule has 0 aliphatic carbocycles. The number of unbranched alkanes of at least 4 members (excludes halogenated alkanes) is 6. The number of rotatable bonds is 20. The molecule has 2 rings (SSSR count). The maximum absolute atomic E-state index is 12.0. The van der Waals surface area contributed by atoms with E-state index in [0.29, 0.717) is 17.7 Å². The van der Waals surface area contributed by atoms with Gasteiger partial charge >= 0.3 is 71.1 Å². The number of aliphatic hydroxyl groups is 1. The molecule has 2 aromatic carbocycles. The van der Waals surface area contributed by atoms with Crippen LogP contribution in [0, 0.1) is 0 Å². The first kappa shape index (κ1) is 40.2. The standard InChI is InChI=1S/C31H42O7S.2Na.2H/c1-3-4-5-6-7-8-9-11-23-14-16-24(17-15-23)31(27(33)12-10-13-29(34)35)39-25-18-19-26(22(2)32)28(20-25)38-21-30(36)37;;;;/h14-20,27,31,33H,3-13,21H2,1-2H3,(H,34,35)(H,36,37);;;;. The molecule has 0 aromatic heterocycles. The Morgan fingerprint density at radius 2 is 1.49 bits per heavy atom. The summed E-state index contributed by atoms with van der Waals surface area (Å²) in [6.45, 7) is 3.04. The minimum atomic E-state index is -1.15. The van der Waals surface area contributed by atoms with Crippen molar-refractivity contribution in [3.8, 4) is 5.75 Å². The molecule has 0 aliphatic rings. The van der Waals surface area contributed by atoms with Gasteiger partial charge in [-0.25, -0.2) is 4.79 Å². The molecule has 0 radical (unpaired) electrons.